The molecular weight excluding hydrogens is 372 g/mol. The summed E-state index contributed by atoms with van der Waals surface area (Å²) in [5.41, 5.74) is 2.53. The van der Waals surface area contributed by atoms with Gasteiger partial charge in [0.15, 0.2) is 11.5 Å². The van der Waals surface area contributed by atoms with Crippen LogP contribution in [0.15, 0.2) is 18.2 Å². The van der Waals surface area contributed by atoms with Gasteiger partial charge in [0.25, 0.3) is 5.91 Å². The van der Waals surface area contributed by atoms with Crippen LogP contribution in [0.5, 0.6) is 11.5 Å². The highest BCUT2D eigenvalue weighted by Crippen LogP contribution is 2.36. The Kier molecular flexibility index (Phi) is 3.87. The van der Waals surface area contributed by atoms with Crippen molar-refractivity contribution in [1.29, 1.82) is 0 Å². The third-order valence-electron chi connectivity index (χ3n) is 6.25. The number of amides is 1. The van der Waals surface area contributed by atoms with E-state index in [-0.39, 0.29) is 12.7 Å². The molecule has 1 aromatic heterocycles. The number of hydrogen-bond donors (Lipinski definition) is 1. The van der Waals surface area contributed by atoms with Crippen LogP contribution >= 0.6 is 0 Å². The van der Waals surface area contributed by atoms with Gasteiger partial charge in [-0.15, -0.1) is 0 Å². The van der Waals surface area contributed by atoms with Gasteiger partial charge in [0, 0.05) is 43.5 Å². The first-order valence-corrected chi connectivity index (χ1v) is 10.1. The molecule has 8 heteroatoms. The largest absolute Gasteiger partial charge is 0.454 e. The van der Waals surface area contributed by atoms with Crippen LogP contribution in [0.2, 0.25) is 0 Å². The first-order valence-electron chi connectivity index (χ1n) is 10.1. The second kappa shape index (κ2) is 6.59. The highest BCUT2D eigenvalue weighted by atomic mass is 16.7. The molecule has 0 spiro atoms. The number of rotatable bonds is 3. The van der Waals surface area contributed by atoms with E-state index in [0.29, 0.717) is 36.3 Å². The molecule has 0 saturated carbocycles. The topological polar surface area (TPSA) is 85.8 Å². The van der Waals surface area contributed by atoms with E-state index >= 15 is 0 Å². The summed E-state index contributed by atoms with van der Waals surface area (Å²) in [7, 11) is 0. The van der Waals surface area contributed by atoms with Crippen molar-refractivity contribution in [2.75, 3.05) is 44.5 Å². The molecule has 2 aromatic rings. The number of carbonyl (C=O) groups is 1. The van der Waals surface area contributed by atoms with Gasteiger partial charge in [-0.05, 0) is 24.1 Å². The van der Waals surface area contributed by atoms with Gasteiger partial charge in [-0.25, -0.2) is 9.97 Å². The van der Waals surface area contributed by atoms with Crippen LogP contribution in [0.25, 0.3) is 0 Å². The van der Waals surface area contributed by atoms with E-state index in [1.807, 2.05) is 18.2 Å². The molecule has 1 aromatic carbocycles. The Labute approximate surface area is 168 Å². The van der Waals surface area contributed by atoms with E-state index in [1.54, 1.807) is 0 Å². The van der Waals surface area contributed by atoms with Gasteiger partial charge in [-0.2, -0.15) is 0 Å². The summed E-state index contributed by atoms with van der Waals surface area (Å²) in [5, 5.41) is 2.92. The van der Waals surface area contributed by atoms with E-state index < -0.39 is 0 Å². The van der Waals surface area contributed by atoms with Crippen molar-refractivity contribution in [2.24, 2.45) is 11.8 Å². The average molecular weight is 394 g/mol. The minimum atomic E-state index is -0.107. The standard InChI is InChI=1S/C21H22N4O4/c26-21-19-15(3-4-22-21)20(25-7-13-9-27-10-14(13)8-25)24-18(23-19)6-12-1-2-16-17(5-12)29-11-28-16/h1-2,5,13-14H,3-4,6-11H2,(H,22,26)/t13-,14+. The molecule has 6 rings (SSSR count). The fourth-order valence-corrected chi connectivity index (χ4v) is 4.75. The molecule has 2 atom stereocenters. The molecule has 0 aliphatic carbocycles. The van der Waals surface area contributed by atoms with E-state index in [2.05, 4.69) is 15.2 Å². The molecule has 1 N–H and O–H groups in total. The molecule has 29 heavy (non-hydrogen) atoms. The monoisotopic (exact) mass is 394 g/mol. The Morgan fingerprint density at radius 2 is 1.93 bits per heavy atom. The molecule has 1 amide bonds. The molecule has 0 bridgehead atoms. The van der Waals surface area contributed by atoms with Crippen molar-refractivity contribution in [3.63, 3.8) is 0 Å². The van der Waals surface area contributed by atoms with Crippen LogP contribution in [-0.4, -0.2) is 55.5 Å². The molecule has 0 unspecified atom stereocenters. The number of ether oxygens (including phenoxy) is 3. The van der Waals surface area contributed by atoms with E-state index in [1.165, 1.54) is 0 Å². The van der Waals surface area contributed by atoms with Gasteiger partial charge in [-0.3, -0.25) is 4.79 Å². The lowest BCUT2D eigenvalue weighted by Gasteiger charge is -2.26. The molecule has 5 heterocycles. The lowest BCUT2D eigenvalue weighted by atomic mass is 10.0. The van der Waals surface area contributed by atoms with E-state index in [0.717, 1.165) is 61.2 Å². The average Bonchev–Trinajstić information content (AvgIpc) is 3.44. The molecular formula is C21H22N4O4. The van der Waals surface area contributed by atoms with Gasteiger partial charge in [-0.1, -0.05) is 6.07 Å². The maximum atomic E-state index is 12.5. The summed E-state index contributed by atoms with van der Waals surface area (Å²) >= 11 is 0. The summed E-state index contributed by atoms with van der Waals surface area (Å²) in [6.07, 6.45) is 1.30. The van der Waals surface area contributed by atoms with Crippen LogP contribution in [0, 0.1) is 11.8 Å². The first-order chi connectivity index (χ1) is 14.2. The Bertz CT molecular complexity index is 983. The Hall–Kier alpha value is -2.87. The zero-order valence-electron chi connectivity index (χ0n) is 16.0. The van der Waals surface area contributed by atoms with Crippen molar-refractivity contribution >= 4 is 11.7 Å². The van der Waals surface area contributed by atoms with Gasteiger partial charge in [0.2, 0.25) is 6.79 Å². The van der Waals surface area contributed by atoms with Crippen molar-refractivity contribution in [3.8, 4) is 11.5 Å². The van der Waals surface area contributed by atoms with Gasteiger partial charge >= 0.3 is 0 Å². The quantitative estimate of drug-likeness (QED) is 0.836. The van der Waals surface area contributed by atoms with Crippen molar-refractivity contribution < 1.29 is 19.0 Å². The highest BCUT2D eigenvalue weighted by Gasteiger charge is 2.39. The molecule has 4 aliphatic heterocycles. The minimum Gasteiger partial charge on any atom is -0.454 e. The van der Waals surface area contributed by atoms with Crippen molar-refractivity contribution in [2.45, 2.75) is 12.8 Å². The van der Waals surface area contributed by atoms with Crippen LogP contribution in [-0.2, 0) is 17.6 Å². The second-order valence-electron chi connectivity index (χ2n) is 8.12. The molecule has 2 fully saturated rings. The third-order valence-corrected chi connectivity index (χ3v) is 6.25. The maximum absolute atomic E-state index is 12.5. The molecule has 2 saturated heterocycles. The summed E-state index contributed by atoms with van der Waals surface area (Å²) < 4.78 is 16.5. The maximum Gasteiger partial charge on any atom is 0.270 e. The zero-order chi connectivity index (χ0) is 19.4. The van der Waals surface area contributed by atoms with Crippen molar-refractivity contribution in [3.05, 3.63) is 40.8 Å². The number of nitrogens with zero attached hydrogens (tertiary/aromatic N) is 3. The fraction of sp³-hybridized carbons (Fsp3) is 0.476. The van der Waals surface area contributed by atoms with Crippen LogP contribution in [0.4, 0.5) is 5.82 Å². The number of benzene rings is 1. The summed E-state index contributed by atoms with van der Waals surface area (Å²) in [4.78, 5) is 24.4. The summed E-state index contributed by atoms with van der Waals surface area (Å²) in [6, 6.07) is 5.86. The number of fused-ring (bicyclic) bond motifs is 3. The van der Waals surface area contributed by atoms with Crippen LogP contribution in [0.1, 0.15) is 27.4 Å². The molecule has 4 aliphatic rings. The Morgan fingerprint density at radius 1 is 1.10 bits per heavy atom. The highest BCUT2D eigenvalue weighted by molar-refractivity contribution is 5.96. The normalized spacial score (nSPS) is 24.4. The van der Waals surface area contributed by atoms with Gasteiger partial charge < -0.3 is 24.4 Å². The fourth-order valence-electron chi connectivity index (χ4n) is 4.75. The van der Waals surface area contributed by atoms with Crippen LogP contribution in [0.3, 0.4) is 0 Å². The number of anilines is 1. The minimum absolute atomic E-state index is 0.107. The molecule has 0 radical (unpaired) electrons. The predicted octanol–water partition coefficient (Wildman–Crippen LogP) is 1.16. The van der Waals surface area contributed by atoms with Gasteiger partial charge in [0.1, 0.15) is 17.3 Å². The summed E-state index contributed by atoms with van der Waals surface area (Å²) in [6.45, 7) is 4.38. The number of aromatic nitrogens is 2. The Morgan fingerprint density at radius 3 is 2.79 bits per heavy atom. The second-order valence-corrected chi connectivity index (χ2v) is 8.12. The lowest BCUT2D eigenvalue weighted by Crippen LogP contribution is -2.36. The van der Waals surface area contributed by atoms with Crippen LogP contribution < -0.4 is 19.7 Å². The zero-order valence-corrected chi connectivity index (χ0v) is 16.0. The first kappa shape index (κ1) is 17.0. The van der Waals surface area contributed by atoms with E-state index in [9.17, 15) is 4.79 Å². The van der Waals surface area contributed by atoms with E-state index in [4.69, 9.17) is 19.2 Å². The third kappa shape index (κ3) is 2.90. The number of nitrogens with one attached hydrogen (secondary N) is 1. The smallest absolute Gasteiger partial charge is 0.270 e. The SMILES string of the molecule is O=C1NCCc2c1nc(Cc1ccc3c(c1)OCO3)nc2N1C[C@H]2COC[C@H]2C1. The predicted molar refractivity (Wildman–Crippen MR) is 103 cm³/mol. The lowest BCUT2D eigenvalue weighted by molar-refractivity contribution is 0.0940. The molecule has 150 valence electrons. The van der Waals surface area contributed by atoms with Crippen molar-refractivity contribution in [1.82, 2.24) is 15.3 Å². The number of carbonyl (C=O) groups excluding carboxylic acids is 1. The molecule has 8 nitrogen and oxygen atoms in total. The summed E-state index contributed by atoms with van der Waals surface area (Å²) in [5.74, 6) is 4.07. The number of hydrogen-bond acceptors (Lipinski definition) is 7. The van der Waals surface area contributed by atoms with Gasteiger partial charge in [0.05, 0.1) is 13.2 Å². The Balaban J connectivity index is 1.36.